The van der Waals surface area contributed by atoms with Gasteiger partial charge in [0.2, 0.25) is 5.91 Å². The van der Waals surface area contributed by atoms with E-state index in [2.05, 4.69) is 5.32 Å². The van der Waals surface area contributed by atoms with Crippen LogP contribution in [0.5, 0.6) is 0 Å². The van der Waals surface area contributed by atoms with Gasteiger partial charge in [-0.15, -0.1) is 0 Å². The van der Waals surface area contributed by atoms with E-state index in [0.717, 1.165) is 6.26 Å². The first-order valence-electron chi connectivity index (χ1n) is 7.77. The van der Waals surface area contributed by atoms with Crippen molar-refractivity contribution >= 4 is 27.1 Å². The van der Waals surface area contributed by atoms with Crippen LogP contribution in [0.4, 0.5) is 15.8 Å². The minimum absolute atomic E-state index is 0.00291. The lowest BCUT2D eigenvalue weighted by Crippen LogP contribution is -2.45. The van der Waals surface area contributed by atoms with E-state index in [-0.39, 0.29) is 17.9 Å². The van der Waals surface area contributed by atoms with Gasteiger partial charge in [-0.25, -0.2) is 12.8 Å². The van der Waals surface area contributed by atoms with Crippen molar-refractivity contribution < 1.29 is 22.3 Å². The fraction of sp³-hybridized carbons (Fsp3) is 0.562. The van der Waals surface area contributed by atoms with Crippen LogP contribution >= 0.6 is 0 Å². The number of benzene rings is 1. The summed E-state index contributed by atoms with van der Waals surface area (Å²) in [7, 11) is -3.50. The molecule has 1 aliphatic rings. The SMILES string of the molecule is C[C@@H]1CN(c2ccc(NC(=O)[C@@H](C)S(C)(=O)=O)cc2F)C[C@@H](C)O1. The summed E-state index contributed by atoms with van der Waals surface area (Å²) in [6.07, 6.45) is 0.994. The average Bonchev–Trinajstić information content (AvgIpc) is 2.44. The first-order chi connectivity index (χ1) is 11.1. The van der Waals surface area contributed by atoms with Gasteiger partial charge in [0.15, 0.2) is 9.84 Å². The van der Waals surface area contributed by atoms with Crippen molar-refractivity contribution in [3.63, 3.8) is 0 Å². The van der Waals surface area contributed by atoms with Gasteiger partial charge in [-0.1, -0.05) is 0 Å². The third-order valence-electron chi connectivity index (χ3n) is 3.99. The minimum Gasteiger partial charge on any atom is -0.372 e. The van der Waals surface area contributed by atoms with E-state index < -0.39 is 26.8 Å². The van der Waals surface area contributed by atoms with E-state index in [1.54, 1.807) is 12.1 Å². The van der Waals surface area contributed by atoms with Gasteiger partial charge < -0.3 is 15.0 Å². The van der Waals surface area contributed by atoms with Crippen LogP contribution in [0.3, 0.4) is 0 Å². The maximum atomic E-state index is 14.4. The normalized spacial score (nSPS) is 23.0. The molecule has 0 saturated carbocycles. The highest BCUT2D eigenvalue weighted by Gasteiger charge is 2.26. The van der Waals surface area contributed by atoms with Crippen molar-refractivity contribution in [3.05, 3.63) is 24.0 Å². The molecule has 0 aliphatic carbocycles. The molecule has 8 heteroatoms. The van der Waals surface area contributed by atoms with Crippen LogP contribution in [-0.2, 0) is 19.4 Å². The van der Waals surface area contributed by atoms with Gasteiger partial charge in [0.05, 0.1) is 17.9 Å². The summed E-state index contributed by atoms with van der Waals surface area (Å²) in [5, 5.41) is 1.24. The van der Waals surface area contributed by atoms with Crippen molar-refractivity contribution in [1.82, 2.24) is 0 Å². The zero-order chi connectivity index (χ0) is 18.1. The average molecular weight is 358 g/mol. The Morgan fingerprint density at radius 3 is 2.42 bits per heavy atom. The predicted molar refractivity (Wildman–Crippen MR) is 91.6 cm³/mol. The summed E-state index contributed by atoms with van der Waals surface area (Å²) in [6, 6.07) is 4.35. The standard InChI is InChI=1S/C16H23FN2O4S/c1-10-8-19(9-11(2)23-10)15-6-5-13(7-14(15)17)18-16(20)12(3)24(4,21)22/h5-7,10-12H,8-9H2,1-4H3,(H,18,20)/t10-,11-,12-/m1/s1. The molecule has 0 aromatic heterocycles. The maximum absolute atomic E-state index is 14.4. The molecule has 1 aromatic carbocycles. The number of anilines is 2. The number of hydrogen-bond donors (Lipinski definition) is 1. The van der Waals surface area contributed by atoms with Gasteiger partial charge in [-0.05, 0) is 39.0 Å². The highest BCUT2D eigenvalue weighted by atomic mass is 32.2. The third-order valence-corrected chi connectivity index (χ3v) is 5.49. The molecule has 1 aliphatic heterocycles. The quantitative estimate of drug-likeness (QED) is 0.888. The Kier molecular flexibility index (Phi) is 5.49. The van der Waals surface area contributed by atoms with Gasteiger partial charge in [-0.2, -0.15) is 0 Å². The number of sulfone groups is 1. The number of carbonyl (C=O) groups excluding carboxylic acids is 1. The van der Waals surface area contributed by atoms with Crippen LogP contribution < -0.4 is 10.2 Å². The van der Waals surface area contributed by atoms with Gasteiger partial charge in [0, 0.05) is 25.0 Å². The molecule has 2 rings (SSSR count). The van der Waals surface area contributed by atoms with Crippen molar-refractivity contribution in [1.29, 1.82) is 0 Å². The smallest absolute Gasteiger partial charge is 0.242 e. The fourth-order valence-corrected chi connectivity index (χ4v) is 3.10. The van der Waals surface area contributed by atoms with E-state index in [9.17, 15) is 17.6 Å². The fourth-order valence-electron chi connectivity index (χ4n) is 2.65. The van der Waals surface area contributed by atoms with Crippen molar-refractivity contribution in [3.8, 4) is 0 Å². The second-order valence-corrected chi connectivity index (χ2v) is 8.66. The summed E-state index contributed by atoms with van der Waals surface area (Å²) in [5.74, 6) is -1.15. The number of ether oxygens (including phenoxy) is 1. The van der Waals surface area contributed by atoms with Gasteiger partial charge in [-0.3, -0.25) is 4.79 Å². The largest absolute Gasteiger partial charge is 0.372 e. The molecule has 1 saturated heterocycles. The first kappa shape index (κ1) is 18.7. The summed E-state index contributed by atoms with van der Waals surface area (Å²) in [4.78, 5) is 13.8. The summed E-state index contributed by atoms with van der Waals surface area (Å²) >= 11 is 0. The van der Waals surface area contributed by atoms with E-state index in [0.29, 0.717) is 18.8 Å². The lowest BCUT2D eigenvalue weighted by Gasteiger charge is -2.37. The van der Waals surface area contributed by atoms with Crippen molar-refractivity contribution in [2.75, 3.05) is 29.6 Å². The van der Waals surface area contributed by atoms with Crippen LogP contribution in [-0.4, -0.2) is 51.1 Å². The highest BCUT2D eigenvalue weighted by molar-refractivity contribution is 7.92. The summed E-state index contributed by atoms with van der Waals surface area (Å²) in [5.41, 5.74) is 0.664. The topological polar surface area (TPSA) is 75.7 Å². The summed E-state index contributed by atoms with van der Waals surface area (Å²) in [6.45, 7) is 6.32. The van der Waals surface area contributed by atoms with Crippen molar-refractivity contribution in [2.45, 2.75) is 38.2 Å². The van der Waals surface area contributed by atoms with Crippen molar-refractivity contribution in [2.24, 2.45) is 0 Å². The van der Waals surface area contributed by atoms with E-state index in [1.165, 1.54) is 13.0 Å². The zero-order valence-electron chi connectivity index (χ0n) is 14.2. The molecule has 0 bridgehead atoms. The zero-order valence-corrected chi connectivity index (χ0v) is 15.1. The molecular formula is C16H23FN2O4S. The van der Waals surface area contributed by atoms with Gasteiger partial charge >= 0.3 is 0 Å². The molecule has 1 aromatic rings. The lowest BCUT2D eigenvalue weighted by molar-refractivity contribution is -0.115. The molecule has 3 atom stereocenters. The molecular weight excluding hydrogens is 335 g/mol. The molecule has 1 N–H and O–H groups in total. The number of hydrogen-bond acceptors (Lipinski definition) is 5. The molecule has 24 heavy (non-hydrogen) atoms. The van der Waals surface area contributed by atoms with Crippen LogP contribution in [0.25, 0.3) is 0 Å². The maximum Gasteiger partial charge on any atom is 0.242 e. The van der Waals surface area contributed by atoms with E-state index >= 15 is 0 Å². The van der Waals surface area contributed by atoms with Gasteiger partial charge in [0.25, 0.3) is 0 Å². The number of halogens is 1. The molecule has 134 valence electrons. The van der Waals surface area contributed by atoms with E-state index in [4.69, 9.17) is 4.74 Å². The Hall–Kier alpha value is -1.67. The number of nitrogens with one attached hydrogen (secondary N) is 1. The molecule has 0 spiro atoms. The molecule has 0 radical (unpaired) electrons. The number of morpholine rings is 1. The predicted octanol–water partition coefficient (Wildman–Crippen LogP) is 1.81. The number of amides is 1. The lowest BCUT2D eigenvalue weighted by atomic mass is 10.2. The Morgan fingerprint density at radius 2 is 1.92 bits per heavy atom. The van der Waals surface area contributed by atoms with Crippen LogP contribution in [0.2, 0.25) is 0 Å². The minimum atomic E-state index is -3.50. The number of rotatable bonds is 4. The van der Waals surface area contributed by atoms with Crippen LogP contribution in [0, 0.1) is 5.82 Å². The Bertz CT molecular complexity index is 713. The Labute approximate surface area is 141 Å². The number of carbonyl (C=O) groups is 1. The second-order valence-electron chi connectivity index (χ2n) is 6.29. The van der Waals surface area contributed by atoms with Crippen LogP contribution in [0.15, 0.2) is 18.2 Å². The molecule has 0 unspecified atom stereocenters. The highest BCUT2D eigenvalue weighted by Crippen LogP contribution is 2.26. The Balaban J connectivity index is 2.14. The van der Waals surface area contributed by atoms with Gasteiger partial charge in [0.1, 0.15) is 11.1 Å². The Morgan fingerprint density at radius 1 is 1.33 bits per heavy atom. The molecule has 1 fully saturated rings. The second kappa shape index (κ2) is 7.06. The van der Waals surface area contributed by atoms with E-state index in [1.807, 2.05) is 18.7 Å². The molecule has 1 amide bonds. The first-order valence-corrected chi connectivity index (χ1v) is 9.73. The molecule has 6 nitrogen and oxygen atoms in total. The number of nitrogens with zero attached hydrogens (tertiary/aromatic N) is 1. The van der Waals surface area contributed by atoms with Crippen LogP contribution in [0.1, 0.15) is 20.8 Å². The monoisotopic (exact) mass is 358 g/mol. The molecule has 1 heterocycles. The summed E-state index contributed by atoms with van der Waals surface area (Å²) < 4.78 is 42.9. The third kappa shape index (κ3) is 4.45.